The molecule has 2 aromatic rings. The van der Waals surface area contributed by atoms with Gasteiger partial charge in [0.1, 0.15) is 12.1 Å². The number of carbonyl (C=O) groups excluding carboxylic acids is 1. The Hall–Kier alpha value is -2.24. The molecule has 6 nitrogen and oxygen atoms in total. The second-order valence-corrected chi connectivity index (χ2v) is 5.36. The van der Waals surface area contributed by atoms with Gasteiger partial charge in [0.2, 0.25) is 5.91 Å². The highest BCUT2D eigenvalue weighted by Crippen LogP contribution is 2.07. The lowest BCUT2D eigenvalue weighted by molar-refractivity contribution is -0.123. The number of fused-ring (bicyclic) bond motifs is 1. The van der Waals surface area contributed by atoms with Crippen LogP contribution in [-0.2, 0) is 11.3 Å². The number of hydrogen-bond donors (Lipinski definition) is 1. The second-order valence-electron chi connectivity index (χ2n) is 5.36. The molecule has 0 radical (unpaired) electrons. The van der Waals surface area contributed by atoms with Gasteiger partial charge in [-0.15, -0.1) is 5.10 Å². The van der Waals surface area contributed by atoms with Crippen molar-refractivity contribution < 1.29 is 4.79 Å². The summed E-state index contributed by atoms with van der Waals surface area (Å²) in [5.41, 5.74) is -0.0755. The molecule has 106 valence electrons. The molecule has 0 fully saturated rings. The Bertz CT molecular complexity index is 691. The standard InChI is InChI=1S/C14H18N4O2/c1-4-14(2,3)15-12(19)9-18-13(20)10-7-5-6-8-11(10)16-17-18/h5-8H,4,9H2,1-3H3,(H,15,19). The monoisotopic (exact) mass is 274 g/mol. The van der Waals surface area contributed by atoms with Crippen LogP contribution in [0.4, 0.5) is 0 Å². The van der Waals surface area contributed by atoms with E-state index in [1.54, 1.807) is 24.3 Å². The minimum Gasteiger partial charge on any atom is -0.350 e. The predicted molar refractivity (Wildman–Crippen MR) is 76.3 cm³/mol. The first kappa shape index (κ1) is 14.2. The number of aromatic nitrogens is 3. The van der Waals surface area contributed by atoms with E-state index in [9.17, 15) is 9.59 Å². The molecular weight excluding hydrogens is 256 g/mol. The molecule has 1 N–H and O–H groups in total. The van der Waals surface area contributed by atoms with E-state index in [0.717, 1.165) is 11.1 Å². The molecule has 20 heavy (non-hydrogen) atoms. The summed E-state index contributed by atoms with van der Waals surface area (Å²) >= 11 is 0. The number of benzene rings is 1. The molecular formula is C14H18N4O2. The Balaban J connectivity index is 2.24. The zero-order valence-corrected chi connectivity index (χ0v) is 11.9. The first-order chi connectivity index (χ1) is 9.43. The maximum absolute atomic E-state index is 12.2. The van der Waals surface area contributed by atoms with Crippen molar-refractivity contribution >= 4 is 16.8 Å². The first-order valence-corrected chi connectivity index (χ1v) is 6.56. The quantitative estimate of drug-likeness (QED) is 0.905. The SMILES string of the molecule is CCC(C)(C)NC(=O)Cn1nnc2ccccc2c1=O. The van der Waals surface area contributed by atoms with E-state index >= 15 is 0 Å². The lowest BCUT2D eigenvalue weighted by Gasteiger charge is -2.24. The molecule has 0 saturated carbocycles. The molecule has 0 atom stereocenters. The Morgan fingerprint density at radius 3 is 2.75 bits per heavy atom. The maximum Gasteiger partial charge on any atom is 0.278 e. The topological polar surface area (TPSA) is 76.9 Å². The fourth-order valence-electron chi connectivity index (χ4n) is 1.77. The van der Waals surface area contributed by atoms with E-state index < -0.39 is 0 Å². The van der Waals surface area contributed by atoms with Gasteiger partial charge < -0.3 is 5.32 Å². The number of amides is 1. The third kappa shape index (κ3) is 3.01. The molecule has 2 rings (SSSR count). The fourth-order valence-corrected chi connectivity index (χ4v) is 1.77. The van der Waals surface area contributed by atoms with Crippen LogP contribution in [0.15, 0.2) is 29.1 Å². The summed E-state index contributed by atoms with van der Waals surface area (Å²) in [6.07, 6.45) is 0.803. The van der Waals surface area contributed by atoms with Crippen molar-refractivity contribution in [2.45, 2.75) is 39.3 Å². The van der Waals surface area contributed by atoms with Gasteiger partial charge in [-0.1, -0.05) is 24.3 Å². The van der Waals surface area contributed by atoms with Gasteiger partial charge in [-0.25, -0.2) is 4.68 Å². The Morgan fingerprint density at radius 1 is 1.35 bits per heavy atom. The molecule has 1 aromatic heterocycles. The van der Waals surface area contributed by atoms with Crippen LogP contribution in [0.2, 0.25) is 0 Å². The van der Waals surface area contributed by atoms with Gasteiger partial charge in [0.25, 0.3) is 5.56 Å². The smallest absolute Gasteiger partial charge is 0.278 e. The van der Waals surface area contributed by atoms with Crippen molar-refractivity contribution in [1.29, 1.82) is 0 Å². The highest BCUT2D eigenvalue weighted by Gasteiger charge is 2.18. The normalized spacial score (nSPS) is 11.6. The Morgan fingerprint density at radius 2 is 2.05 bits per heavy atom. The third-order valence-electron chi connectivity index (χ3n) is 3.28. The second kappa shape index (κ2) is 5.40. The van der Waals surface area contributed by atoms with Crippen LogP contribution in [0.5, 0.6) is 0 Å². The van der Waals surface area contributed by atoms with Crippen LogP contribution in [0, 0.1) is 0 Å². The maximum atomic E-state index is 12.2. The predicted octanol–water partition coefficient (Wildman–Crippen LogP) is 1.10. The van der Waals surface area contributed by atoms with E-state index in [1.165, 1.54) is 0 Å². The van der Waals surface area contributed by atoms with E-state index in [-0.39, 0.29) is 23.6 Å². The van der Waals surface area contributed by atoms with Crippen LogP contribution >= 0.6 is 0 Å². The number of nitrogens with one attached hydrogen (secondary N) is 1. The average Bonchev–Trinajstić information content (AvgIpc) is 2.42. The third-order valence-corrected chi connectivity index (χ3v) is 3.28. The van der Waals surface area contributed by atoms with Gasteiger partial charge in [-0.2, -0.15) is 0 Å². The molecule has 6 heteroatoms. The summed E-state index contributed by atoms with van der Waals surface area (Å²) in [4.78, 5) is 24.1. The van der Waals surface area contributed by atoms with Crippen molar-refractivity contribution in [3.63, 3.8) is 0 Å². The molecule has 0 aliphatic rings. The lowest BCUT2D eigenvalue weighted by atomic mass is 10.0. The molecule has 1 heterocycles. The zero-order chi connectivity index (χ0) is 14.8. The van der Waals surface area contributed by atoms with Crippen molar-refractivity contribution in [1.82, 2.24) is 20.3 Å². The zero-order valence-electron chi connectivity index (χ0n) is 11.9. The van der Waals surface area contributed by atoms with Crippen molar-refractivity contribution in [2.75, 3.05) is 0 Å². The van der Waals surface area contributed by atoms with E-state index in [1.807, 2.05) is 20.8 Å². The van der Waals surface area contributed by atoms with Gasteiger partial charge in [0, 0.05) is 5.54 Å². The highest BCUT2D eigenvalue weighted by atomic mass is 16.2. The van der Waals surface area contributed by atoms with Gasteiger partial charge in [0.15, 0.2) is 0 Å². The number of nitrogens with zero attached hydrogens (tertiary/aromatic N) is 3. The minimum atomic E-state index is -0.306. The molecule has 0 saturated heterocycles. The average molecular weight is 274 g/mol. The summed E-state index contributed by atoms with van der Waals surface area (Å²) in [5.74, 6) is -0.247. The molecule has 0 aliphatic carbocycles. The number of hydrogen-bond acceptors (Lipinski definition) is 4. The van der Waals surface area contributed by atoms with E-state index in [0.29, 0.717) is 10.9 Å². The molecule has 0 aliphatic heterocycles. The molecule has 1 amide bonds. The lowest BCUT2D eigenvalue weighted by Crippen LogP contribution is -2.45. The van der Waals surface area contributed by atoms with E-state index in [2.05, 4.69) is 15.6 Å². The van der Waals surface area contributed by atoms with E-state index in [4.69, 9.17) is 0 Å². The molecule has 0 unspecified atom stereocenters. The van der Waals surface area contributed by atoms with Crippen LogP contribution in [0.1, 0.15) is 27.2 Å². The van der Waals surface area contributed by atoms with Crippen LogP contribution in [-0.4, -0.2) is 26.4 Å². The molecule has 1 aromatic carbocycles. The summed E-state index contributed by atoms with van der Waals surface area (Å²) in [7, 11) is 0. The largest absolute Gasteiger partial charge is 0.350 e. The van der Waals surface area contributed by atoms with Gasteiger partial charge in [-0.3, -0.25) is 9.59 Å². The summed E-state index contributed by atoms with van der Waals surface area (Å²) in [6, 6.07) is 6.94. The number of carbonyl (C=O) groups is 1. The van der Waals surface area contributed by atoms with Crippen molar-refractivity contribution in [2.24, 2.45) is 0 Å². The summed E-state index contributed by atoms with van der Waals surface area (Å²) in [5, 5.41) is 11.1. The van der Waals surface area contributed by atoms with Crippen molar-refractivity contribution in [3.8, 4) is 0 Å². The Labute approximate surface area is 116 Å². The van der Waals surface area contributed by atoms with Crippen LogP contribution in [0.25, 0.3) is 10.9 Å². The van der Waals surface area contributed by atoms with Gasteiger partial charge in [-0.05, 0) is 32.4 Å². The summed E-state index contributed by atoms with van der Waals surface area (Å²) < 4.78 is 1.09. The minimum absolute atomic E-state index is 0.125. The fraction of sp³-hybridized carbons (Fsp3) is 0.429. The first-order valence-electron chi connectivity index (χ1n) is 6.56. The Kier molecular flexibility index (Phi) is 3.83. The van der Waals surface area contributed by atoms with Gasteiger partial charge >= 0.3 is 0 Å². The molecule has 0 spiro atoms. The summed E-state index contributed by atoms with van der Waals surface area (Å²) in [6.45, 7) is 5.72. The van der Waals surface area contributed by atoms with Crippen molar-refractivity contribution in [3.05, 3.63) is 34.6 Å². The van der Waals surface area contributed by atoms with Gasteiger partial charge in [0.05, 0.1) is 5.39 Å². The van der Waals surface area contributed by atoms with Crippen LogP contribution < -0.4 is 10.9 Å². The van der Waals surface area contributed by atoms with Crippen LogP contribution in [0.3, 0.4) is 0 Å². The number of rotatable bonds is 4. The molecule has 0 bridgehead atoms. The highest BCUT2D eigenvalue weighted by molar-refractivity contribution is 5.78.